The third kappa shape index (κ3) is 3.18. The van der Waals surface area contributed by atoms with Crippen LogP contribution in [0, 0.1) is 6.92 Å². The summed E-state index contributed by atoms with van der Waals surface area (Å²) in [5.41, 5.74) is 2.60. The number of nitrogens with one attached hydrogen (secondary N) is 1. The number of carbonyl (C=O) groups is 1. The van der Waals surface area contributed by atoms with E-state index >= 15 is 0 Å². The van der Waals surface area contributed by atoms with Crippen molar-refractivity contribution >= 4 is 49.1 Å². The van der Waals surface area contributed by atoms with Gasteiger partial charge in [-0.15, -0.1) is 11.3 Å². The molecule has 3 nitrogen and oxygen atoms in total. The molecule has 2 aromatic heterocycles. The van der Waals surface area contributed by atoms with Gasteiger partial charge in [-0.1, -0.05) is 6.07 Å². The number of amides is 1. The van der Waals surface area contributed by atoms with Crippen LogP contribution in [0.5, 0.6) is 0 Å². The number of rotatable bonds is 3. The molecule has 2 aromatic rings. The van der Waals surface area contributed by atoms with Gasteiger partial charge in [-0.3, -0.25) is 9.78 Å². The smallest absolute Gasteiger partial charge is 0.253 e. The van der Waals surface area contributed by atoms with Crippen molar-refractivity contribution < 1.29 is 4.79 Å². The molecule has 0 aliphatic rings. The Balaban J connectivity index is 2.05. The van der Waals surface area contributed by atoms with E-state index < -0.39 is 0 Å². The van der Waals surface area contributed by atoms with Crippen LogP contribution in [0.4, 0.5) is 0 Å². The van der Waals surface area contributed by atoms with E-state index in [-0.39, 0.29) is 5.91 Å². The number of halogens is 2. The molecule has 0 atom stereocenters. The zero-order valence-electron chi connectivity index (χ0n) is 9.54. The van der Waals surface area contributed by atoms with E-state index in [1.807, 2.05) is 19.1 Å². The zero-order chi connectivity index (χ0) is 13.1. The van der Waals surface area contributed by atoms with Gasteiger partial charge in [0.1, 0.15) is 0 Å². The first-order valence-corrected chi connectivity index (χ1v) is 7.61. The molecule has 6 heteroatoms. The van der Waals surface area contributed by atoms with Crippen LogP contribution in [0.3, 0.4) is 0 Å². The molecule has 0 saturated carbocycles. The lowest BCUT2D eigenvalue weighted by Crippen LogP contribution is -2.23. The maximum absolute atomic E-state index is 12.0. The number of pyridine rings is 1. The summed E-state index contributed by atoms with van der Waals surface area (Å²) in [7, 11) is 0. The lowest BCUT2D eigenvalue weighted by Gasteiger charge is -2.06. The Morgan fingerprint density at radius 2 is 2.28 bits per heavy atom. The average molecular weight is 390 g/mol. The van der Waals surface area contributed by atoms with Crippen LogP contribution in [0.2, 0.25) is 0 Å². The molecule has 0 bridgehead atoms. The van der Waals surface area contributed by atoms with Gasteiger partial charge in [0.2, 0.25) is 0 Å². The summed E-state index contributed by atoms with van der Waals surface area (Å²) < 4.78 is 1.75. The fourth-order valence-electron chi connectivity index (χ4n) is 1.46. The molecule has 18 heavy (non-hydrogen) atoms. The molecule has 0 spiro atoms. The van der Waals surface area contributed by atoms with Crippen molar-refractivity contribution in [3.8, 4) is 0 Å². The number of nitrogens with zero attached hydrogens (tertiary/aromatic N) is 1. The summed E-state index contributed by atoms with van der Waals surface area (Å²) in [5, 5.41) is 2.86. The van der Waals surface area contributed by atoms with Gasteiger partial charge in [0.15, 0.2) is 0 Å². The Hall–Kier alpha value is -0.720. The van der Waals surface area contributed by atoms with Crippen molar-refractivity contribution in [2.45, 2.75) is 13.5 Å². The number of aryl methyl sites for hydroxylation is 1. The highest BCUT2D eigenvalue weighted by Crippen LogP contribution is 2.31. The van der Waals surface area contributed by atoms with Gasteiger partial charge >= 0.3 is 0 Å². The fourth-order valence-corrected chi connectivity index (χ4v) is 4.25. The molecule has 2 heterocycles. The van der Waals surface area contributed by atoms with Crippen molar-refractivity contribution in [3.05, 3.63) is 48.8 Å². The predicted octanol–water partition coefficient (Wildman–Crippen LogP) is 3.91. The zero-order valence-corrected chi connectivity index (χ0v) is 13.5. The van der Waals surface area contributed by atoms with Crippen LogP contribution >= 0.6 is 43.2 Å². The average Bonchev–Trinajstić information content (AvgIpc) is 2.67. The molecule has 0 radical (unpaired) electrons. The van der Waals surface area contributed by atoms with Gasteiger partial charge in [-0.2, -0.15) is 0 Å². The molecule has 1 amide bonds. The lowest BCUT2D eigenvalue weighted by molar-refractivity contribution is 0.0950. The second-order valence-electron chi connectivity index (χ2n) is 3.69. The van der Waals surface area contributed by atoms with Crippen molar-refractivity contribution in [2.24, 2.45) is 0 Å². The summed E-state index contributed by atoms with van der Waals surface area (Å²) in [6, 6.07) is 5.66. The fraction of sp³-hybridized carbons (Fsp3) is 0.167. The second-order valence-corrected chi connectivity index (χ2v) is 7.44. The van der Waals surface area contributed by atoms with E-state index in [1.54, 1.807) is 12.3 Å². The van der Waals surface area contributed by atoms with Crippen molar-refractivity contribution in [3.63, 3.8) is 0 Å². The van der Waals surface area contributed by atoms with Gasteiger partial charge in [0, 0.05) is 6.20 Å². The number of carbonyl (C=O) groups excluding carboxylic acids is 1. The normalized spacial score (nSPS) is 10.4. The summed E-state index contributed by atoms with van der Waals surface area (Å²) in [5.74, 6) is -0.103. The van der Waals surface area contributed by atoms with E-state index in [9.17, 15) is 4.79 Å². The highest BCUT2D eigenvalue weighted by molar-refractivity contribution is 9.12. The quantitative estimate of drug-likeness (QED) is 0.864. The number of hydrogen-bond acceptors (Lipinski definition) is 3. The molecule has 94 valence electrons. The summed E-state index contributed by atoms with van der Waals surface area (Å²) >= 11 is 8.20. The van der Waals surface area contributed by atoms with Gasteiger partial charge in [-0.25, -0.2) is 0 Å². The molecule has 1 N–H and O–H groups in total. The first-order valence-electron chi connectivity index (χ1n) is 5.21. The highest BCUT2D eigenvalue weighted by Gasteiger charge is 2.13. The Morgan fingerprint density at radius 1 is 1.50 bits per heavy atom. The Morgan fingerprint density at radius 3 is 2.89 bits per heavy atom. The van der Waals surface area contributed by atoms with E-state index in [0.29, 0.717) is 12.1 Å². The predicted molar refractivity (Wildman–Crippen MR) is 79.9 cm³/mol. The molecule has 0 aromatic carbocycles. The minimum atomic E-state index is -0.103. The summed E-state index contributed by atoms with van der Waals surface area (Å²) in [6.07, 6.45) is 1.73. The van der Waals surface area contributed by atoms with Crippen LogP contribution in [-0.4, -0.2) is 10.9 Å². The lowest BCUT2D eigenvalue weighted by atomic mass is 10.2. The van der Waals surface area contributed by atoms with Gasteiger partial charge < -0.3 is 5.32 Å². The summed E-state index contributed by atoms with van der Waals surface area (Å²) in [4.78, 5) is 16.2. The van der Waals surface area contributed by atoms with E-state index in [4.69, 9.17) is 0 Å². The third-order valence-corrected chi connectivity index (χ3v) is 4.77. The Bertz CT molecular complexity index is 583. The minimum Gasteiger partial charge on any atom is -0.346 e. The van der Waals surface area contributed by atoms with Crippen LogP contribution < -0.4 is 5.32 Å². The van der Waals surface area contributed by atoms with Crippen molar-refractivity contribution in [1.82, 2.24) is 10.3 Å². The number of aromatic nitrogens is 1. The Kier molecular flexibility index (Phi) is 4.53. The van der Waals surface area contributed by atoms with Crippen LogP contribution in [0.15, 0.2) is 32.0 Å². The summed E-state index contributed by atoms with van der Waals surface area (Å²) in [6.45, 7) is 2.41. The largest absolute Gasteiger partial charge is 0.346 e. The standard InChI is InChI=1S/C12H10Br2N2OS/c1-7-3-2-4-15-9(7)6-16-12(17)8-5-10(13)18-11(8)14/h2-5H,6H2,1H3,(H,16,17). The SMILES string of the molecule is Cc1cccnc1CNC(=O)c1cc(Br)sc1Br. The van der Waals surface area contributed by atoms with Crippen LogP contribution in [-0.2, 0) is 6.54 Å². The maximum Gasteiger partial charge on any atom is 0.253 e. The molecule has 2 rings (SSSR count). The molecule has 0 saturated heterocycles. The number of thiophene rings is 1. The Labute approximate surface area is 126 Å². The number of hydrogen-bond donors (Lipinski definition) is 1. The van der Waals surface area contributed by atoms with E-state index in [2.05, 4.69) is 42.2 Å². The molecular weight excluding hydrogens is 380 g/mol. The first kappa shape index (κ1) is 13.7. The molecule has 0 aliphatic heterocycles. The van der Waals surface area contributed by atoms with E-state index in [0.717, 1.165) is 18.8 Å². The monoisotopic (exact) mass is 388 g/mol. The van der Waals surface area contributed by atoms with Crippen molar-refractivity contribution in [2.75, 3.05) is 0 Å². The van der Waals surface area contributed by atoms with Gasteiger partial charge in [0.25, 0.3) is 5.91 Å². The third-order valence-electron chi connectivity index (χ3n) is 2.44. The maximum atomic E-state index is 12.0. The highest BCUT2D eigenvalue weighted by atomic mass is 79.9. The first-order chi connectivity index (χ1) is 8.58. The van der Waals surface area contributed by atoms with Crippen LogP contribution in [0.25, 0.3) is 0 Å². The van der Waals surface area contributed by atoms with Gasteiger partial charge in [-0.05, 0) is 56.5 Å². The van der Waals surface area contributed by atoms with Crippen LogP contribution in [0.1, 0.15) is 21.6 Å². The second kappa shape index (κ2) is 5.95. The molecule has 0 unspecified atom stereocenters. The van der Waals surface area contributed by atoms with Crippen molar-refractivity contribution in [1.29, 1.82) is 0 Å². The molecular formula is C12H10Br2N2OS. The van der Waals surface area contributed by atoms with E-state index in [1.165, 1.54) is 11.3 Å². The topological polar surface area (TPSA) is 42.0 Å². The van der Waals surface area contributed by atoms with Gasteiger partial charge in [0.05, 0.1) is 25.4 Å². The minimum absolute atomic E-state index is 0.103. The molecule has 0 fully saturated rings. The molecule has 0 aliphatic carbocycles.